The zero-order valence-corrected chi connectivity index (χ0v) is 16.9. The highest BCUT2D eigenvalue weighted by molar-refractivity contribution is 5.92. The van der Waals surface area contributed by atoms with Crippen LogP contribution in [0.1, 0.15) is 22.5 Å². The van der Waals surface area contributed by atoms with Gasteiger partial charge < -0.3 is 14.8 Å². The molecule has 2 amide bonds. The van der Waals surface area contributed by atoms with Crippen LogP contribution < -0.4 is 20.8 Å². The van der Waals surface area contributed by atoms with Crippen molar-refractivity contribution in [2.75, 3.05) is 20.1 Å². The Hall–Kier alpha value is -3.59. The zero-order chi connectivity index (χ0) is 21.4. The highest BCUT2D eigenvalue weighted by Gasteiger charge is 2.30. The Morgan fingerprint density at radius 2 is 2.23 bits per heavy atom. The summed E-state index contributed by atoms with van der Waals surface area (Å²) in [7, 11) is 1.57. The predicted molar refractivity (Wildman–Crippen MR) is 109 cm³/mol. The average molecular weight is 419 g/mol. The van der Waals surface area contributed by atoms with E-state index in [4.69, 9.17) is 9.47 Å². The Balaban J connectivity index is 1.23. The van der Waals surface area contributed by atoms with Crippen LogP contribution in [0.25, 0.3) is 5.76 Å². The van der Waals surface area contributed by atoms with Crippen LogP contribution >= 0.6 is 0 Å². The van der Waals surface area contributed by atoms with Gasteiger partial charge in [0.1, 0.15) is 34.6 Å². The van der Waals surface area contributed by atoms with Crippen molar-refractivity contribution < 1.29 is 19.1 Å². The summed E-state index contributed by atoms with van der Waals surface area (Å²) < 4.78 is 11.5. The van der Waals surface area contributed by atoms with Crippen molar-refractivity contribution >= 4 is 17.6 Å². The monoisotopic (exact) mass is 419 g/mol. The van der Waals surface area contributed by atoms with E-state index < -0.39 is 5.92 Å². The lowest BCUT2D eigenvalue weighted by Gasteiger charge is -2.17. The van der Waals surface area contributed by atoms with Crippen molar-refractivity contribution in [3.63, 3.8) is 0 Å². The van der Waals surface area contributed by atoms with Crippen LogP contribution in [-0.2, 0) is 16.1 Å². The SMILES string of the molecule is CNC(=O)c1ccc(O[C@@H]2CCN(Cc3cnc4c(c3)=NC(=O)C3C=COC=43)C2)cn1. The van der Waals surface area contributed by atoms with Crippen molar-refractivity contribution in [3.8, 4) is 5.75 Å². The first-order chi connectivity index (χ1) is 15.1. The molecule has 9 nitrogen and oxygen atoms in total. The average Bonchev–Trinajstić information content (AvgIpc) is 3.44. The summed E-state index contributed by atoms with van der Waals surface area (Å²) in [6, 6.07) is 5.31. The van der Waals surface area contributed by atoms with Gasteiger partial charge in [0.15, 0.2) is 0 Å². The third-order valence-electron chi connectivity index (χ3n) is 5.54. The van der Waals surface area contributed by atoms with Crippen LogP contribution in [0, 0.1) is 5.92 Å². The number of pyridine rings is 2. The maximum absolute atomic E-state index is 12.2. The number of nitrogens with zero attached hydrogens (tertiary/aromatic N) is 4. The van der Waals surface area contributed by atoms with Crippen LogP contribution in [0.15, 0.2) is 47.9 Å². The molecule has 1 N–H and O–H groups in total. The molecule has 2 aromatic rings. The molecule has 1 fully saturated rings. The van der Waals surface area contributed by atoms with Crippen molar-refractivity contribution in [2.45, 2.75) is 19.1 Å². The first-order valence-corrected chi connectivity index (χ1v) is 10.1. The molecule has 31 heavy (non-hydrogen) atoms. The smallest absolute Gasteiger partial charge is 0.269 e. The van der Waals surface area contributed by atoms with Crippen molar-refractivity contribution in [1.82, 2.24) is 20.2 Å². The summed E-state index contributed by atoms with van der Waals surface area (Å²) in [6.07, 6.45) is 7.53. The first-order valence-electron chi connectivity index (χ1n) is 10.1. The van der Waals surface area contributed by atoms with E-state index >= 15 is 0 Å². The number of carbonyl (C=O) groups is 2. The van der Waals surface area contributed by atoms with Gasteiger partial charge in [0.2, 0.25) is 0 Å². The second kappa shape index (κ2) is 7.92. The summed E-state index contributed by atoms with van der Waals surface area (Å²) in [4.78, 5) is 38.9. The van der Waals surface area contributed by atoms with E-state index in [2.05, 4.69) is 25.2 Å². The Bertz CT molecular complexity index is 1190. The number of rotatable bonds is 5. The van der Waals surface area contributed by atoms with Gasteiger partial charge in [-0.3, -0.25) is 19.5 Å². The van der Waals surface area contributed by atoms with Gasteiger partial charge in [0, 0.05) is 32.9 Å². The van der Waals surface area contributed by atoms with Crippen LogP contribution in [0.3, 0.4) is 0 Å². The van der Waals surface area contributed by atoms with E-state index in [1.165, 1.54) is 6.26 Å². The minimum Gasteiger partial charge on any atom is -0.487 e. The number of aromatic nitrogens is 2. The largest absolute Gasteiger partial charge is 0.487 e. The second-order valence-corrected chi connectivity index (χ2v) is 7.67. The Morgan fingerprint density at radius 3 is 3.03 bits per heavy atom. The summed E-state index contributed by atoms with van der Waals surface area (Å²) in [5.74, 6) is 0.315. The minimum atomic E-state index is -0.442. The van der Waals surface area contributed by atoms with Gasteiger partial charge in [0.05, 0.1) is 17.8 Å². The number of hydrogen-bond donors (Lipinski definition) is 1. The Kier molecular flexibility index (Phi) is 4.95. The molecular weight excluding hydrogens is 398 g/mol. The molecule has 3 aliphatic heterocycles. The summed E-state index contributed by atoms with van der Waals surface area (Å²) in [5, 5.41) is 3.74. The van der Waals surface area contributed by atoms with Gasteiger partial charge in [-0.05, 0) is 36.3 Å². The quantitative estimate of drug-likeness (QED) is 0.722. The van der Waals surface area contributed by atoms with E-state index in [0.29, 0.717) is 34.5 Å². The van der Waals surface area contributed by atoms with Gasteiger partial charge in [-0.25, -0.2) is 9.98 Å². The number of carbonyl (C=O) groups excluding carboxylic acids is 2. The highest BCUT2D eigenvalue weighted by Crippen LogP contribution is 2.24. The maximum Gasteiger partial charge on any atom is 0.269 e. The molecule has 158 valence electrons. The van der Waals surface area contributed by atoms with E-state index in [1.807, 2.05) is 12.3 Å². The van der Waals surface area contributed by atoms with Crippen LogP contribution in [0.5, 0.6) is 5.75 Å². The maximum atomic E-state index is 12.2. The lowest BCUT2D eigenvalue weighted by Crippen LogP contribution is -2.39. The molecule has 5 rings (SSSR count). The number of hydrogen-bond acceptors (Lipinski definition) is 7. The minimum absolute atomic E-state index is 0.0405. The molecule has 0 spiro atoms. The summed E-state index contributed by atoms with van der Waals surface area (Å²) in [5.41, 5.74) is 1.34. The van der Waals surface area contributed by atoms with Crippen molar-refractivity contribution in [2.24, 2.45) is 10.9 Å². The molecule has 3 aliphatic rings. The molecule has 0 radical (unpaired) electrons. The Morgan fingerprint density at radius 1 is 1.32 bits per heavy atom. The summed E-state index contributed by atoms with van der Waals surface area (Å²) in [6.45, 7) is 2.33. The molecule has 1 unspecified atom stereocenters. The van der Waals surface area contributed by atoms with E-state index in [1.54, 1.807) is 31.5 Å². The number of amides is 2. The highest BCUT2D eigenvalue weighted by atomic mass is 16.5. The lowest BCUT2D eigenvalue weighted by molar-refractivity contribution is -0.119. The number of ether oxygens (including phenoxy) is 2. The lowest BCUT2D eigenvalue weighted by atomic mass is 10.0. The molecule has 2 aromatic heterocycles. The standard InChI is InChI=1S/C22H21N5O4/c1-23-22(29)17-3-2-14(10-24-17)31-15-4-6-27(12-15)11-13-8-18-19(25-9-13)20-16(5-7-30-20)21(28)26-18/h2-3,5,7-10,15-16H,4,6,11-12H2,1H3,(H,23,29)/t15-,16?/m1/s1. The predicted octanol–water partition coefficient (Wildman–Crippen LogP) is -0.0824. The number of nitrogens with one attached hydrogen (secondary N) is 1. The second-order valence-electron chi connectivity index (χ2n) is 7.67. The summed E-state index contributed by atoms with van der Waals surface area (Å²) >= 11 is 0. The molecule has 5 heterocycles. The molecule has 0 saturated carbocycles. The first kappa shape index (κ1) is 19.4. The molecule has 0 bridgehead atoms. The van der Waals surface area contributed by atoms with E-state index in [0.717, 1.165) is 25.1 Å². The fraction of sp³-hybridized carbons (Fsp3) is 0.318. The molecule has 0 aliphatic carbocycles. The van der Waals surface area contributed by atoms with Crippen molar-refractivity contribution in [3.05, 3.63) is 64.9 Å². The third-order valence-corrected chi connectivity index (χ3v) is 5.54. The van der Waals surface area contributed by atoms with Crippen LogP contribution in [0.2, 0.25) is 0 Å². The Labute approximate surface area is 178 Å². The van der Waals surface area contributed by atoms with Crippen molar-refractivity contribution in [1.29, 1.82) is 0 Å². The topological polar surface area (TPSA) is 106 Å². The third kappa shape index (κ3) is 3.79. The molecule has 0 aromatic carbocycles. The zero-order valence-electron chi connectivity index (χ0n) is 16.9. The van der Waals surface area contributed by atoms with Gasteiger partial charge in [-0.2, -0.15) is 0 Å². The molecule has 2 atom stereocenters. The van der Waals surface area contributed by atoms with E-state index in [9.17, 15) is 9.59 Å². The fourth-order valence-electron chi connectivity index (χ4n) is 3.99. The fourth-order valence-corrected chi connectivity index (χ4v) is 3.99. The van der Waals surface area contributed by atoms with Gasteiger partial charge in [-0.15, -0.1) is 0 Å². The van der Waals surface area contributed by atoms with Crippen LogP contribution in [-0.4, -0.2) is 52.9 Å². The molecule has 9 heteroatoms. The van der Waals surface area contributed by atoms with E-state index in [-0.39, 0.29) is 17.9 Å². The van der Waals surface area contributed by atoms with Gasteiger partial charge >= 0.3 is 0 Å². The van der Waals surface area contributed by atoms with Crippen LogP contribution in [0.4, 0.5) is 0 Å². The molecule has 1 saturated heterocycles. The normalized spacial score (nSPS) is 21.8. The molecular formula is C22H21N5O4. The number of likely N-dealkylation sites (tertiary alicyclic amines) is 1. The van der Waals surface area contributed by atoms with Gasteiger partial charge in [-0.1, -0.05) is 0 Å². The number of fused-ring (bicyclic) bond motifs is 2. The van der Waals surface area contributed by atoms with Gasteiger partial charge in [0.25, 0.3) is 11.8 Å².